The number of allylic oxidation sites excluding steroid dienone is 12. The zero-order valence-corrected chi connectivity index (χ0v) is 40.5. The van der Waals surface area contributed by atoms with Crippen LogP contribution in [-0.4, -0.2) is 95.0 Å². The molecule has 0 amide bonds. The molecule has 0 aromatic carbocycles. The van der Waals surface area contributed by atoms with Crippen molar-refractivity contribution in [2.45, 2.75) is 173 Å². The molecule has 0 radical (unpaired) electrons. The predicted molar refractivity (Wildman–Crippen MR) is 251 cm³/mol. The average Bonchev–Trinajstić information content (AvgIpc) is 3.27. The number of phosphoric ester groups is 2. The minimum absolute atomic E-state index is 0.167. The van der Waals surface area contributed by atoms with Crippen molar-refractivity contribution in [2.75, 3.05) is 39.6 Å². The summed E-state index contributed by atoms with van der Waals surface area (Å²) < 4.78 is 52.9. The van der Waals surface area contributed by atoms with Crippen LogP contribution in [0, 0.1) is 0 Å². The number of esters is 2. The summed E-state index contributed by atoms with van der Waals surface area (Å²) in [7, 11) is -9.58. The van der Waals surface area contributed by atoms with Gasteiger partial charge in [-0.25, -0.2) is 9.13 Å². The maximum absolute atomic E-state index is 12.2. The summed E-state index contributed by atoms with van der Waals surface area (Å²) in [6, 6.07) is 0. The predicted octanol–water partition coefficient (Wildman–Crippen LogP) is 10.4. The first-order valence-electron chi connectivity index (χ1n) is 23.3. The Morgan fingerprint density at radius 1 is 0.438 bits per heavy atom. The van der Waals surface area contributed by atoms with Crippen LogP contribution in [0.4, 0.5) is 0 Å². The van der Waals surface area contributed by atoms with Gasteiger partial charge in [-0.3, -0.25) is 27.7 Å². The molecule has 15 nitrogen and oxygen atoms in total. The van der Waals surface area contributed by atoms with Crippen LogP contribution in [0.2, 0.25) is 0 Å². The van der Waals surface area contributed by atoms with E-state index in [-0.39, 0.29) is 12.8 Å². The van der Waals surface area contributed by atoms with Gasteiger partial charge in [0, 0.05) is 12.8 Å². The highest BCUT2D eigenvalue weighted by atomic mass is 31.2. The SMILES string of the molecule is CC/C=C/C=C/C=C/C=C\CCCCCCCC(=O)OCC(O)COP(=O)(O)OCC(O)COP(=O)(O)OCC(O)COC(=O)CCCCCCCCC/C=C\C/C=C\CCCCC. The molecule has 0 aromatic rings. The van der Waals surface area contributed by atoms with Gasteiger partial charge in [-0.15, -0.1) is 0 Å². The summed E-state index contributed by atoms with van der Waals surface area (Å²) in [5, 5.41) is 30.0. The maximum Gasteiger partial charge on any atom is 0.472 e. The van der Waals surface area contributed by atoms with Gasteiger partial charge >= 0.3 is 27.6 Å². The molecule has 0 aliphatic rings. The third kappa shape index (κ3) is 44.7. The van der Waals surface area contributed by atoms with Gasteiger partial charge in [0.15, 0.2) is 0 Å². The fourth-order valence-corrected chi connectivity index (χ4v) is 7.20. The lowest BCUT2D eigenvalue weighted by atomic mass is 10.1. The molecule has 0 saturated carbocycles. The third-order valence-corrected chi connectivity index (χ3v) is 11.1. The maximum atomic E-state index is 12.2. The second-order valence-electron chi connectivity index (χ2n) is 15.5. The smallest absolute Gasteiger partial charge is 0.463 e. The molecule has 0 fully saturated rings. The number of phosphoric acid groups is 2. The van der Waals surface area contributed by atoms with Crippen LogP contribution < -0.4 is 0 Å². The van der Waals surface area contributed by atoms with E-state index >= 15 is 0 Å². The van der Waals surface area contributed by atoms with E-state index < -0.39 is 85.5 Å². The lowest BCUT2D eigenvalue weighted by Gasteiger charge is -2.19. The molecule has 0 heterocycles. The van der Waals surface area contributed by atoms with Gasteiger partial charge in [0.2, 0.25) is 0 Å². The molecule has 64 heavy (non-hydrogen) atoms. The highest BCUT2D eigenvalue weighted by Gasteiger charge is 2.28. The average molecular weight is 949 g/mol. The van der Waals surface area contributed by atoms with Gasteiger partial charge in [-0.2, -0.15) is 0 Å². The Balaban J connectivity index is 3.93. The standard InChI is InChI=1S/C47H82O15P2/c1-3-5-7-9-11-13-15-17-19-20-22-24-26-28-30-32-34-36-47(52)58-38-44(49)40-60-64(55,56)62-42-45(50)41-61-63(53,54)59-39-43(48)37-57-46(51)35-33-31-29-27-25-23-21-18-16-14-12-10-8-6-4-2/h6,8,10-14,16-19,21,43-45,48-50H,3-5,7,9,15,20,22-42H2,1-2H3,(H,53,54)(H,55,56)/b8-6+,12-10+,13-11-,16-14+,19-17-,21-18-. The van der Waals surface area contributed by atoms with E-state index in [0.29, 0.717) is 12.8 Å². The highest BCUT2D eigenvalue weighted by molar-refractivity contribution is 7.47. The zero-order chi connectivity index (χ0) is 47.4. The first-order chi connectivity index (χ1) is 30.8. The molecule has 17 heteroatoms. The fraction of sp³-hybridized carbons (Fsp3) is 0.702. The zero-order valence-electron chi connectivity index (χ0n) is 38.7. The third-order valence-electron chi connectivity index (χ3n) is 9.24. The number of hydrogen-bond donors (Lipinski definition) is 5. The second kappa shape index (κ2) is 43.1. The number of unbranched alkanes of at least 4 members (excludes halogenated alkanes) is 15. The van der Waals surface area contributed by atoms with Crippen molar-refractivity contribution in [2.24, 2.45) is 0 Å². The van der Waals surface area contributed by atoms with Crippen LogP contribution in [0.15, 0.2) is 72.9 Å². The molecule has 0 aliphatic heterocycles. The van der Waals surface area contributed by atoms with Gasteiger partial charge in [0.05, 0.1) is 26.4 Å². The minimum Gasteiger partial charge on any atom is -0.463 e. The van der Waals surface area contributed by atoms with Gasteiger partial charge in [0.25, 0.3) is 0 Å². The number of aliphatic hydroxyl groups excluding tert-OH is 3. The van der Waals surface area contributed by atoms with Gasteiger partial charge in [0.1, 0.15) is 31.5 Å². The number of carbonyl (C=O) groups is 2. The topological polar surface area (TPSA) is 225 Å². The molecular weight excluding hydrogens is 866 g/mol. The number of ether oxygens (including phenoxy) is 2. The van der Waals surface area contributed by atoms with Gasteiger partial charge < -0.3 is 34.6 Å². The summed E-state index contributed by atoms with van der Waals surface area (Å²) >= 11 is 0. The van der Waals surface area contributed by atoms with Gasteiger partial charge in [-0.1, -0.05) is 151 Å². The number of aliphatic hydroxyl groups is 3. The lowest BCUT2D eigenvalue weighted by Crippen LogP contribution is -2.25. The number of rotatable bonds is 44. The molecule has 5 N–H and O–H groups in total. The first-order valence-corrected chi connectivity index (χ1v) is 26.3. The van der Waals surface area contributed by atoms with Crippen LogP contribution in [0.1, 0.15) is 155 Å². The molecule has 0 aliphatic carbocycles. The van der Waals surface area contributed by atoms with E-state index in [1.165, 1.54) is 38.5 Å². The van der Waals surface area contributed by atoms with Crippen molar-refractivity contribution in [1.82, 2.24) is 0 Å². The monoisotopic (exact) mass is 949 g/mol. The summed E-state index contributed by atoms with van der Waals surface area (Å²) in [4.78, 5) is 43.7. The molecule has 0 spiro atoms. The van der Waals surface area contributed by atoms with Crippen molar-refractivity contribution >= 4 is 27.6 Å². The molecular formula is C47H82O15P2. The summed E-state index contributed by atoms with van der Waals surface area (Å²) in [6.45, 7) is 0.198. The van der Waals surface area contributed by atoms with Crippen molar-refractivity contribution in [3.8, 4) is 0 Å². The number of hydrogen-bond acceptors (Lipinski definition) is 13. The van der Waals surface area contributed by atoms with Crippen LogP contribution >= 0.6 is 15.6 Å². The Labute approximate surface area is 383 Å². The van der Waals surface area contributed by atoms with Crippen LogP contribution in [0.5, 0.6) is 0 Å². The number of carbonyl (C=O) groups excluding carboxylic acids is 2. The quantitative estimate of drug-likeness (QED) is 0.0126. The Hall–Kier alpha value is -2.52. The van der Waals surface area contributed by atoms with E-state index in [1.807, 2.05) is 36.5 Å². The largest absolute Gasteiger partial charge is 0.472 e. The summed E-state index contributed by atoms with van der Waals surface area (Å²) in [5.74, 6) is -1.03. The molecule has 5 atom stereocenters. The Morgan fingerprint density at radius 2 is 0.781 bits per heavy atom. The molecule has 0 saturated heterocycles. The van der Waals surface area contributed by atoms with E-state index in [9.17, 15) is 43.8 Å². The Morgan fingerprint density at radius 3 is 1.20 bits per heavy atom. The molecule has 0 aromatic heterocycles. The van der Waals surface area contributed by atoms with E-state index in [4.69, 9.17) is 9.47 Å². The van der Waals surface area contributed by atoms with Crippen molar-refractivity contribution in [1.29, 1.82) is 0 Å². The molecule has 0 rings (SSSR count). The first kappa shape index (κ1) is 61.5. The highest BCUT2D eigenvalue weighted by Crippen LogP contribution is 2.45. The van der Waals surface area contributed by atoms with Crippen LogP contribution in [-0.2, 0) is 46.3 Å². The van der Waals surface area contributed by atoms with Crippen molar-refractivity contribution < 1.29 is 71.4 Å². The van der Waals surface area contributed by atoms with E-state index in [0.717, 1.165) is 77.0 Å². The lowest BCUT2D eigenvalue weighted by molar-refractivity contribution is -0.148. The van der Waals surface area contributed by atoms with Crippen LogP contribution in [0.3, 0.4) is 0 Å². The second-order valence-corrected chi connectivity index (χ2v) is 18.4. The minimum atomic E-state index is -4.79. The summed E-state index contributed by atoms with van der Waals surface area (Å²) in [5.41, 5.74) is 0. The molecule has 370 valence electrons. The fourth-order valence-electron chi connectivity index (χ4n) is 5.60. The van der Waals surface area contributed by atoms with Crippen LogP contribution in [0.25, 0.3) is 0 Å². The molecule has 5 unspecified atom stereocenters. The Kier molecular flexibility index (Phi) is 41.4. The van der Waals surface area contributed by atoms with E-state index in [2.05, 4.69) is 68.4 Å². The van der Waals surface area contributed by atoms with Crippen molar-refractivity contribution in [3.05, 3.63) is 72.9 Å². The normalized spacial score (nSPS) is 15.8. The molecule has 0 bridgehead atoms. The Bertz CT molecular complexity index is 1430. The van der Waals surface area contributed by atoms with E-state index in [1.54, 1.807) is 0 Å². The van der Waals surface area contributed by atoms with Crippen molar-refractivity contribution in [3.63, 3.8) is 0 Å². The van der Waals surface area contributed by atoms with Gasteiger partial charge in [-0.05, 0) is 64.2 Å². The summed E-state index contributed by atoms with van der Waals surface area (Å²) in [6.07, 6.45) is 41.7.